The summed E-state index contributed by atoms with van der Waals surface area (Å²) >= 11 is 0. The lowest BCUT2D eigenvalue weighted by molar-refractivity contribution is -0.107. The number of rotatable bonds is 0. The van der Waals surface area contributed by atoms with Crippen molar-refractivity contribution in [3.8, 4) is 0 Å². The Morgan fingerprint density at radius 3 is 3.14 bits per heavy atom. The molecule has 0 saturated carbocycles. The zero-order chi connectivity index (χ0) is 9.54. The standard InChI is InChI=1S/C8H3N5O/c14-6-1-5-4(2-11-13-12-5)7-8(6)10-3-9-7/h1-3H. The first-order valence-electron chi connectivity index (χ1n) is 3.92. The molecule has 0 aromatic carbocycles. The van der Waals surface area contributed by atoms with Gasteiger partial charge in [-0.15, -0.1) is 10.2 Å². The van der Waals surface area contributed by atoms with Crippen LogP contribution in [0.1, 0.15) is 0 Å². The predicted molar refractivity (Wildman–Crippen MR) is 47.9 cm³/mol. The molecule has 1 aromatic rings. The number of fused-ring (bicyclic) bond motifs is 2. The molecule has 0 unspecified atom stereocenters. The van der Waals surface area contributed by atoms with Crippen LogP contribution in [0.15, 0.2) is 16.2 Å². The summed E-state index contributed by atoms with van der Waals surface area (Å²) in [5.41, 5.74) is 0.891. The van der Waals surface area contributed by atoms with Crippen molar-refractivity contribution in [1.82, 2.24) is 15.4 Å². The van der Waals surface area contributed by atoms with Crippen LogP contribution in [0, 0.1) is 0 Å². The number of ketones is 1. The second-order valence-corrected chi connectivity index (χ2v) is 2.81. The highest BCUT2D eigenvalue weighted by molar-refractivity contribution is 6.64. The van der Waals surface area contributed by atoms with Gasteiger partial charge >= 0.3 is 0 Å². The summed E-state index contributed by atoms with van der Waals surface area (Å²) in [5.74, 6) is -0.189. The number of hydrogen-bond acceptors (Lipinski definition) is 6. The summed E-state index contributed by atoms with van der Waals surface area (Å²) in [6.45, 7) is 0. The Kier molecular flexibility index (Phi) is 1.22. The molecule has 2 aliphatic rings. The molecule has 6 heteroatoms. The van der Waals surface area contributed by atoms with Crippen molar-refractivity contribution < 1.29 is 4.79 Å². The molecule has 0 radical (unpaired) electrons. The third-order valence-corrected chi connectivity index (χ3v) is 2.02. The Morgan fingerprint density at radius 1 is 1.29 bits per heavy atom. The first-order chi connectivity index (χ1) is 6.86. The van der Waals surface area contributed by atoms with Crippen LogP contribution in [0.3, 0.4) is 0 Å². The quantitative estimate of drug-likeness (QED) is 0.460. The van der Waals surface area contributed by atoms with E-state index < -0.39 is 0 Å². The largest absolute Gasteiger partial charge is 0.287 e. The number of Topliss-reactive ketones (excluding diaryl/α,β-unsaturated/α-hetero) is 1. The molecule has 66 valence electrons. The molecule has 0 N–H and O–H groups in total. The van der Waals surface area contributed by atoms with Gasteiger partial charge in [0.25, 0.3) is 0 Å². The third-order valence-electron chi connectivity index (χ3n) is 2.02. The van der Waals surface area contributed by atoms with Gasteiger partial charge < -0.3 is 0 Å². The van der Waals surface area contributed by atoms with E-state index in [0.29, 0.717) is 22.0 Å². The minimum Gasteiger partial charge on any atom is -0.287 e. The van der Waals surface area contributed by atoms with E-state index in [1.54, 1.807) is 0 Å². The molecular formula is C8H3N5O. The monoisotopic (exact) mass is 185 g/mol. The van der Waals surface area contributed by atoms with E-state index in [2.05, 4.69) is 25.4 Å². The fourth-order valence-electron chi connectivity index (χ4n) is 1.40. The van der Waals surface area contributed by atoms with Crippen LogP contribution in [-0.2, 0) is 4.79 Å². The molecule has 1 aliphatic carbocycles. The zero-order valence-electron chi connectivity index (χ0n) is 6.88. The minimum atomic E-state index is -0.189. The SMILES string of the molecule is O=C1C=c2nnncc2=C2N=CN=C12. The van der Waals surface area contributed by atoms with Crippen LogP contribution in [0.25, 0.3) is 11.8 Å². The maximum absolute atomic E-state index is 11.5. The van der Waals surface area contributed by atoms with Gasteiger partial charge in [0.05, 0.1) is 11.4 Å². The Morgan fingerprint density at radius 2 is 2.21 bits per heavy atom. The second kappa shape index (κ2) is 2.38. The summed E-state index contributed by atoms with van der Waals surface area (Å²) in [5, 5.41) is 12.0. The molecule has 0 fully saturated rings. The summed E-state index contributed by atoms with van der Waals surface area (Å²) < 4.78 is 0. The fourth-order valence-corrected chi connectivity index (χ4v) is 1.40. The van der Waals surface area contributed by atoms with Gasteiger partial charge in [0.15, 0.2) is 0 Å². The van der Waals surface area contributed by atoms with Crippen molar-refractivity contribution in [1.29, 1.82) is 0 Å². The van der Waals surface area contributed by atoms with Gasteiger partial charge in [-0.3, -0.25) is 4.79 Å². The Labute approximate surface area is 77.4 Å². The highest BCUT2D eigenvalue weighted by atomic mass is 16.1. The van der Waals surface area contributed by atoms with Crippen molar-refractivity contribution >= 4 is 29.6 Å². The summed E-state index contributed by atoms with van der Waals surface area (Å²) in [7, 11) is 0. The molecule has 6 nitrogen and oxygen atoms in total. The first-order valence-corrected chi connectivity index (χ1v) is 3.92. The van der Waals surface area contributed by atoms with Gasteiger partial charge in [-0.1, -0.05) is 0 Å². The van der Waals surface area contributed by atoms with Crippen LogP contribution < -0.4 is 10.6 Å². The van der Waals surface area contributed by atoms with E-state index in [1.807, 2.05) is 0 Å². The Hall–Kier alpha value is -2.24. The highest BCUT2D eigenvalue weighted by Gasteiger charge is 2.22. The van der Waals surface area contributed by atoms with E-state index in [0.717, 1.165) is 0 Å². The number of nitrogens with zero attached hydrogens (tertiary/aromatic N) is 5. The number of aromatic nitrogens is 3. The maximum atomic E-state index is 11.5. The molecule has 0 spiro atoms. The zero-order valence-corrected chi connectivity index (χ0v) is 6.88. The van der Waals surface area contributed by atoms with Gasteiger partial charge in [0.2, 0.25) is 5.78 Å². The molecule has 0 atom stereocenters. The lowest BCUT2D eigenvalue weighted by Crippen LogP contribution is -2.39. The van der Waals surface area contributed by atoms with Gasteiger partial charge in [-0.05, 0) is 5.21 Å². The van der Waals surface area contributed by atoms with Gasteiger partial charge in [-0.25, -0.2) is 9.98 Å². The van der Waals surface area contributed by atoms with Crippen molar-refractivity contribution in [2.24, 2.45) is 9.98 Å². The molecular weight excluding hydrogens is 182 g/mol. The Balaban J connectivity index is 2.57. The van der Waals surface area contributed by atoms with Crippen molar-refractivity contribution in [2.75, 3.05) is 0 Å². The number of carbonyl (C=O) groups excluding carboxylic acids is 1. The molecule has 1 aromatic heterocycles. The fraction of sp³-hybridized carbons (Fsp3) is 0. The van der Waals surface area contributed by atoms with Gasteiger partial charge in [0, 0.05) is 6.08 Å². The summed E-state index contributed by atoms with van der Waals surface area (Å²) in [6, 6.07) is 0. The smallest absolute Gasteiger partial charge is 0.208 e. The molecule has 2 heterocycles. The lowest BCUT2D eigenvalue weighted by Gasteiger charge is -2.01. The second-order valence-electron chi connectivity index (χ2n) is 2.81. The molecule has 3 rings (SSSR count). The van der Waals surface area contributed by atoms with Crippen LogP contribution in [0.4, 0.5) is 0 Å². The van der Waals surface area contributed by atoms with E-state index in [9.17, 15) is 4.79 Å². The predicted octanol–water partition coefficient (Wildman–Crippen LogP) is -2.17. The molecule has 0 saturated heterocycles. The molecule has 14 heavy (non-hydrogen) atoms. The number of aliphatic imine (C=N–C) groups is 2. The van der Waals surface area contributed by atoms with Crippen molar-refractivity contribution in [2.45, 2.75) is 0 Å². The van der Waals surface area contributed by atoms with Crippen LogP contribution >= 0.6 is 0 Å². The van der Waals surface area contributed by atoms with E-state index in [1.165, 1.54) is 18.6 Å². The number of hydrogen-bond donors (Lipinski definition) is 0. The Bertz CT molecular complexity index is 613. The van der Waals surface area contributed by atoms with E-state index in [4.69, 9.17) is 0 Å². The van der Waals surface area contributed by atoms with Crippen molar-refractivity contribution in [3.63, 3.8) is 0 Å². The van der Waals surface area contributed by atoms with E-state index in [-0.39, 0.29) is 5.78 Å². The third kappa shape index (κ3) is 0.792. The molecule has 0 amide bonds. The van der Waals surface area contributed by atoms with Crippen LogP contribution in [0.2, 0.25) is 0 Å². The van der Waals surface area contributed by atoms with Gasteiger partial charge in [0.1, 0.15) is 23.1 Å². The van der Waals surface area contributed by atoms with Crippen molar-refractivity contribution in [3.05, 3.63) is 16.8 Å². The average Bonchev–Trinajstić information content (AvgIpc) is 2.67. The topological polar surface area (TPSA) is 80.5 Å². The normalized spacial score (nSPS) is 17.3. The summed E-state index contributed by atoms with van der Waals surface area (Å²) in [6.07, 6.45) is 4.27. The summed E-state index contributed by atoms with van der Waals surface area (Å²) in [4.78, 5) is 19.3. The molecule has 0 bridgehead atoms. The maximum Gasteiger partial charge on any atom is 0.208 e. The average molecular weight is 185 g/mol. The van der Waals surface area contributed by atoms with Gasteiger partial charge in [-0.2, -0.15) is 0 Å². The lowest BCUT2D eigenvalue weighted by atomic mass is 10.1. The van der Waals surface area contributed by atoms with Crippen LogP contribution in [0.5, 0.6) is 0 Å². The number of carbonyl (C=O) groups is 1. The first kappa shape index (κ1) is 7.19. The molecule has 1 aliphatic heterocycles. The highest BCUT2D eigenvalue weighted by Crippen LogP contribution is 2.08. The minimum absolute atomic E-state index is 0.189. The van der Waals surface area contributed by atoms with E-state index >= 15 is 0 Å². The van der Waals surface area contributed by atoms with Crippen LogP contribution in [-0.4, -0.2) is 33.2 Å².